The molecule has 1 unspecified atom stereocenters. The smallest absolute Gasteiger partial charge is 0.303 e. The summed E-state index contributed by atoms with van der Waals surface area (Å²) in [4.78, 5) is 12.9. The Morgan fingerprint density at radius 2 is 2.29 bits per heavy atom. The Morgan fingerprint density at radius 1 is 1.48 bits per heavy atom. The number of aliphatic carboxylic acids is 1. The van der Waals surface area contributed by atoms with Gasteiger partial charge in [0.15, 0.2) is 0 Å². The van der Waals surface area contributed by atoms with Crippen LogP contribution in [0.5, 0.6) is 0 Å². The summed E-state index contributed by atoms with van der Waals surface area (Å²) < 4.78 is 13.7. The van der Waals surface area contributed by atoms with Crippen molar-refractivity contribution in [1.29, 1.82) is 0 Å². The molecule has 0 aliphatic carbocycles. The van der Waals surface area contributed by atoms with Crippen LogP contribution in [-0.2, 0) is 11.2 Å². The Morgan fingerprint density at radius 3 is 3.00 bits per heavy atom. The minimum atomic E-state index is -0.731. The predicted molar refractivity (Wildman–Crippen MR) is 81.1 cm³/mol. The largest absolute Gasteiger partial charge is 0.481 e. The third-order valence-corrected chi connectivity index (χ3v) is 4.46. The van der Waals surface area contributed by atoms with E-state index in [0.717, 1.165) is 38.9 Å². The third kappa shape index (κ3) is 4.97. The first-order valence-corrected chi connectivity index (χ1v) is 7.81. The first-order chi connectivity index (χ1) is 10.1. The van der Waals surface area contributed by atoms with Gasteiger partial charge in [0.2, 0.25) is 0 Å². The third-order valence-electron chi connectivity index (χ3n) is 4.11. The highest BCUT2D eigenvalue weighted by molar-refractivity contribution is 6.31. The van der Waals surface area contributed by atoms with E-state index in [1.54, 1.807) is 12.1 Å². The molecule has 1 aliphatic heterocycles. The number of rotatable bonds is 6. The fourth-order valence-electron chi connectivity index (χ4n) is 2.96. The Balaban J connectivity index is 1.84. The van der Waals surface area contributed by atoms with Crippen LogP contribution in [0.15, 0.2) is 18.2 Å². The molecule has 1 aliphatic rings. The Hall–Kier alpha value is -1.13. The molecule has 0 saturated carbocycles. The van der Waals surface area contributed by atoms with Gasteiger partial charge in [0.1, 0.15) is 5.82 Å². The van der Waals surface area contributed by atoms with Gasteiger partial charge in [-0.15, -0.1) is 0 Å². The van der Waals surface area contributed by atoms with E-state index in [0.29, 0.717) is 22.9 Å². The Kier molecular flexibility index (Phi) is 6.00. The van der Waals surface area contributed by atoms with Gasteiger partial charge >= 0.3 is 5.97 Å². The lowest BCUT2D eigenvalue weighted by Gasteiger charge is -2.32. The van der Waals surface area contributed by atoms with E-state index in [1.807, 2.05) is 0 Å². The maximum atomic E-state index is 13.7. The zero-order chi connectivity index (χ0) is 15.2. The fourth-order valence-corrected chi connectivity index (χ4v) is 3.22. The number of carboxylic acid groups (broad SMARTS) is 1. The summed E-state index contributed by atoms with van der Waals surface area (Å²) >= 11 is 6.04. The zero-order valence-electron chi connectivity index (χ0n) is 12.0. The van der Waals surface area contributed by atoms with E-state index in [4.69, 9.17) is 16.7 Å². The van der Waals surface area contributed by atoms with Crippen molar-refractivity contribution < 1.29 is 14.3 Å². The summed E-state index contributed by atoms with van der Waals surface area (Å²) in [5, 5.41) is 9.23. The molecule has 2 rings (SSSR count). The van der Waals surface area contributed by atoms with Gasteiger partial charge in [-0.3, -0.25) is 4.79 Å². The number of hydrogen-bond donors (Lipinski definition) is 1. The molecule has 21 heavy (non-hydrogen) atoms. The summed E-state index contributed by atoms with van der Waals surface area (Å²) in [6.07, 6.45) is 3.72. The lowest BCUT2D eigenvalue weighted by atomic mass is 9.93. The van der Waals surface area contributed by atoms with Crippen LogP contribution in [-0.4, -0.2) is 35.6 Å². The molecule has 0 spiro atoms. The molecule has 1 aromatic rings. The minimum Gasteiger partial charge on any atom is -0.481 e. The van der Waals surface area contributed by atoms with Gasteiger partial charge in [-0.1, -0.05) is 17.7 Å². The molecular weight excluding hydrogens is 293 g/mol. The van der Waals surface area contributed by atoms with E-state index < -0.39 is 5.97 Å². The van der Waals surface area contributed by atoms with Gasteiger partial charge in [0.25, 0.3) is 0 Å². The maximum Gasteiger partial charge on any atom is 0.303 e. The van der Waals surface area contributed by atoms with Gasteiger partial charge in [0.05, 0.1) is 0 Å². The molecule has 1 aromatic carbocycles. The van der Waals surface area contributed by atoms with Crippen molar-refractivity contribution in [2.45, 2.75) is 32.1 Å². The van der Waals surface area contributed by atoms with Crippen LogP contribution < -0.4 is 0 Å². The van der Waals surface area contributed by atoms with Crippen LogP contribution in [0.3, 0.4) is 0 Å². The molecule has 3 nitrogen and oxygen atoms in total. The molecule has 0 radical (unpaired) electrons. The summed E-state index contributed by atoms with van der Waals surface area (Å²) in [6.45, 7) is 2.67. The monoisotopic (exact) mass is 313 g/mol. The van der Waals surface area contributed by atoms with Crippen LogP contribution in [0.4, 0.5) is 4.39 Å². The number of nitrogens with zero attached hydrogens (tertiary/aromatic N) is 1. The standard InChI is InChI=1S/C16H21ClFNO2/c17-14-4-1-5-15(18)13(14)8-10-19-9-2-3-12(11-19)6-7-16(20)21/h1,4-5,12H,2-3,6-11H2,(H,20,21). The average Bonchev–Trinajstić information content (AvgIpc) is 2.45. The highest BCUT2D eigenvalue weighted by atomic mass is 35.5. The highest BCUT2D eigenvalue weighted by Gasteiger charge is 2.20. The Labute approximate surface area is 129 Å². The van der Waals surface area contributed by atoms with E-state index in [-0.39, 0.29) is 12.2 Å². The van der Waals surface area contributed by atoms with Crippen LogP contribution in [0.25, 0.3) is 0 Å². The van der Waals surface area contributed by atoms with Gasteiger partial charge in [-0.2, -0.15) is 0 Å². The molecule has 0 aromatic heterocycles. The number of likely N-dealkylation sites (tertiary alicyclic amines) is 1. The van der Waals surface area contributed by atoms with Crippen LogP contribution in [0, 0.1) is 11.7 Å². The number of carboxylic acids is 1. The van der Waals surface area contributed by atoms with Crippen LogP contribution >= 0.6 is 11.6 Å². The molecule has 116 valence electrons. The van der Waals surface area contributed by atoms with Crippen LogP contribution in [0.1, 0.15) is 31.2 Å². The second kappa shape index (κ2) is 7.76. The second-order valence-electron chi connectivity index (χ2n) is 5.69. The van der Waals surface area contributed by atoms with Crippen molar-refractivity contribution in [2.75, 3.05) is 19.6 Å². The maximum absolute atomic E-state index is 13.7. The fraction of sp³-hybridized carbons (Fsp3) is 0.562. The van der Waals surface area contributed by atoms with Crippen molar-refractivity contribution in [3.05, 3.63) is 34.6 Å². The lowest BCUT2D eigenvalue weighted by Crippen LogP contribution is -2.37. The molecule has 1 atom stereocenters. The minimum absolute atomic E-state index is 0.234. The molecule has 1 saturated heterocycles. The lowest BCUT2D eigenvalue weighted by molar-refractivity contribution is -0.137. The molecule has 0 bridgehead atoms. The van der Waals surface area contributed by atoms with Crippen molar-refractivity contribution in [1.82, 2.24) is 4.90 Å². The normalized spacial score (nSPS) is 19.6. The van der Waals surface area contributed by atoms with E-state index >= 15 is 0 Å². The van der Waals surface area contributed by atoms with Crippen LogP contribution in [0.2, 0.25) is 5.02 Å². The second-order valence-corrected chi connectivity index (χ2v) is 6.10. The van der Waals surface area contributed by atoms with Crippen molar-refractivity contribution >= 4 is 17.6 Å². The van der Waals surface area contributed by atoms with E-state index in [1.165, 1.54) is 6.07 Å². The van der Waals surface area contributed by atoms with E-state index in [2.05, 4.69) is 4.90 Å². The topological polar surface area (TPSA) is 40.5 Å². The van der Waals surface area contributed by atoms with Crippen molar-refractivity contribution in [3.63, 3.8) is 0 Å². The summed E-state index contributed by atoms with van der Waals surface area (Å²) in [5.41, 5.74) is 0.576. The number of carbonyl (C=O) groups is 1. The number of halogens is 2. The van der Waals surface area contributed by atoms with Crippen molar-refractivity contribution in [2.24, 2.45) is 5.92 Å². The summed E-state index contributed by atoms with van der Waals surface area (Å²) in [7, 11) is 0. The molecule has 1 fully saturated rings. The average molecular weight is 314 g/mol. The molecule has 1 heterocycles. The first-order valence-electron chi connectivity index (χ1n) is 7.43. The summed E-state index contributed by atoms with van der Waals surface area (Å²) in [5.74, 6) is -0.543. The predicted octanol–water partition coefficient (Wildman–Crippen LogP) is 3.60. The number of piperidine rings is 1. The van der Waals surface area contributed by atoms with E-state index in [9.17, 15) is 9.18 Å². The molecule has 0 amide bonds. The SMILES string of the molecule is O=C(O)CCC1CCCN(CCc2c(F)cccc2Cl)C1. The summed E-state index contributed by atoms with van der Waals surface area (Å²) in [6, 6.07) is 4.77. The first kappa shape index (κ1) is 16.2. The number of hydrogen-bond acceptors (Lipinski definition) is 2. The molecular formula is C16H21ClFNO2. The van der Waals surface area contributed by atoms with Gasteiger partial charge in [-0.25, -0.2) is 4.39 Å². The number of benzene rings is 1. The van der Waals surface area contributed by atoms with Crippen molar-refractivity contribution in [3.8, 4) is 0 Å². The quantitative estimate of drug-likeness (QED) is 0.872. The Bertz CT molecular complexity index is 475. The van der Waals surface area contributed by atoms with Gasteiger partial charge < -0.3 is 10.0 Å². The van der Waals surface area contributed by atoms with Gasteiger partial charge in [-0.05, 0) is 50.3 Å². The highest BCUT2D eigenvalue weighted by Crippen LogP contribution is 2.23. The van der Waals surface area contributed by atoms with Gasteiger partial charge in [0, 0.05) is 30.1 Å². The molecule has 1 N–H and O–H groups in total. The molecule has 5 heteroatoms. The zero-order valence-corrected chi connectivity index (χ0v) is 12.8.